The van der Waals surface area contributed by atoms with E-state index in [9.17, 15) is 0 Å². The van der Waals surface area contributed by atoms with Crippen LogP contribution in [0.1, 0.15) is 12.7 Å². The van der Waals surface area contributed by atoms with Gasteiger partial charge in [0.1, 0.15) is 11.6 Å². The number of rotatable bonds is 2. The van der Waals surface area contributed by atoms with Gasteiger partial charge in [-0.25, -0.2) is 9.97 Å². The number of hydrogen-bond donors (Lipinski definition) is 1. The molecule has 4 nitrogen and oxygen atoms in total. The molecule has 0 spiro atoms. The molecule has 2 heterocycles. The second kappa shape index (κ2) is 3.05. The van der Waals surface area contributed by atoms with Gasteiger partial charge in [-0.05, 0) is 0 Å². The van der Waals surface area contributed by atoms with Crippen molar-refractivity contribution in [2.75, 3.05) is 7.11 Å². The Morgan fingerprint density at radius 2 is 2.38 bits per heavy atom. The normalized spacial score (nSPS) is 10.6. The number of aromatic amines is 1. The van der Waals surface area contributed by atoms with Crippen LogP contribution in [0.5, 0.6) is 5.75 Å². The van der Waals surface area contributed by atoms with E-state index in [0.29, 0.717) is 0 Å². The molecule has 2 rings (SSSR count). The first-order valence-corrected chi connectivity index (χ1v) is 4.22. The number of imidazole rings is 1. The van der Waals surface area contributed by atoms with Crippen LogP contribution in [0.25, 0.3) is 11.2 Å². The summed E-state index contributed by atoms with van der Waals surface area (Å²) in [5.74, 6) is 1.70. The fourth-order valence-corrected chi connectivity index (χ4v) is 1.21. The second-order valence-corrected chi connectivity index (χ2v) is 2.78. The molecular weight excluding hydrogens is 166 g/mol. The van der Waals surface area contributed by atoms with E-state index in [1.807, 2.05) is 6.07 Å². The number of nitrogens with zero attached hydrogens (tertiary/aromatic N) is 2. The van der Waals surface area contributed by atoms with Gasteiger partial charge < -0.3 is 9.72 Å². The summed E-state index contributed by atoms with van der Waals surface area (Å²) >= 11 is 0. The Balaban J connectivity index is 2.57. The van der Waals surface area contributed by atoms with Crippen LogP contribution in [-0.4, -0.2) is 22.1 Å². The van der Waals surface area contributed by atoms with Gasteiger partial charge in [0.05, 0.1) is 18.8 Å². The first kappa shape index (κ1) is 8.04. The molecule has 0 radical (unpaired) electrons. The summed E-state index contributed by atoms with van der Waals surface area (Å²) in [5.41, 5.74) is 1.67. The van der Waals surface area contributed by atoms with E-state index in [4.69, 9.17) is 4.74 Å². The third kappa shape index (κ3) is 1.35. The Kier molecular flexibility index (Phi) is 1.88. The molecule has 2 aromatic rings. The third-order valence-corrected chi connectivity index (χ3v) is 1.93. The molecule has 0 amide bonds. The van der Waals surface area contributed by atoms with Gasteiger partial charge in [0.15, 0.2) is 5.65 Å². The smallest absolute Gasteiger partial charge is 0.177 e. The van der Waals surface area contributed by atoms with Gasteiger partial charge in [0.25, 0.3) is 0 Å². The predicted octanol–water partition coefficient (Wildman–Crippen LogP) is 1.53. The highest BCUT2D eigenvalue weighted by Crippen LogP contribution is 2.15. The molecule has 0 atom stereocenters. The van der Waals surface area contributed by atoms with Crippen molar-refractivity contribution in [3.63, 3.8) is 0 Å². The lowest BCUT2D eigenvalue weighted by Crippen LogP contribution is -1.84. The first-order valence-electron chi connectivity index (χ1n) is 4.22. The van der Waals surface area contributed by atoms with E-state index in [0.717, 1.165) is 29.2 Å². The van der Waals surface area contributed by atoms with Gasteiger partial charge >= 0.3 is 0 Å². The van der Waals surface area contributed by atoms with Crippen molar-refractivity contribution in [2.24, 2.45) is 0 Å². The summed E-state index contributed by atoms with van der Waals surface area (Å²) in [6, 6.07) is 1.90. The molecule has 0 bridgehead atoms. The molecule has 68 valence electrons. The summed E-state index contributed by atoms with van der Waals surface area (Å²) in [5, 5.41) is 0. The van der Waals surface area contributed by atoms with Crippen molar-refractivity contribution < 1.29 is 4.74 Å². The van der Waals surface area contributed by atoms with Gasteiger partial charge in [0.2, 0.25) is 0 Å². The standard InChI is InChI=1S/C9H11N3O/c1-3-8-11-7-4-6(13-2)5-10-9(7)12-8/h4-5H,3H2,1-2H3,(H,10,11,12). The number of ether oxygens (including phenoxy) is 1. The van der Waals surface area contributed by atoms with Crippen LogP contribution < -0.4 is 4.74 Å². The summed E-state index contributed by atoms with van der Waals surface area (Å²) in [6.07, 6.45) is 2.56. The zero-order valence-electron chi connectivity index (χ0n) is 7.66. The lowest BCUT2D eigenvalue weighted by Gasteiger charge is -1.95. The van der Waals surface area contributed by atoms with E-state index in [2.05, 4.69) is 21.9 Å². The fraction of sp³-hybridized carbons (Fsp3) is 0.333. The topological polar surface area (TPSA) is 50.8 Å². The van der Waals surface area contributed by atoms with Crippen LogP contribution in [0.2, 0.25) is 0 Å². The van der Waals surface area contributed by atoms with E-state index in [1.54, 1.807) is 13.3 Å². The van der Waals surface area contributed by atoms with Gasteiger partial charge in [-0.15, -0.1) is 0 Å². The summed E-state index contributed by atoms with van der Waals surface area (Å²) in [7, 11) is 1.62. The van der Waals surface area contributed by atoms with Crippen LogP contribution in [0.3, 0.4) is 0 Å². The largest absolute Gasteiger partial charge is 0.495 e. The van der Waals surface area contributed by atoms with Gasteiger partial charge in [-0.1, -0.05) is 6.92 Å². The molecule has 0 aromatic carbocycles. The average Bonchev–Trinajstić information content (AvgIpc) is 2.58. The van der Waals surface area contributed by atoms with Crippen molar-refractivity contribution in [2.45, 2.75) is 13.3 Å². The fourth-order valence-electron chi connectivity index (χ4n) is 1.21. The number of hydrogen-bond acceptors (Lipinski definition) is 3. The molecule has 0 aliphatic carbocycles. The lowest BCUT2D eigenvalue weighted by atomic mass is 10.4. The van der Waals surface area contributed by atoms with Gasteiger partial charge in [0, 0.05) is 12.5 Å². The number of aromatic nitrogens is 3. The predicted molar refractivity (Wildman–Crippen MR) is 49.8 cm³/mol. The Bertz CT molecular complexity index is 420. The Hall–Kier alpha value is -1.58. The molecule has 0 aliphatic heterocycles. The van der Waals surface area contributed by atoms with Crippen LogP contribution in [0, 0.1) is 0 Å². The molecule has 13 heavy (non-hydrogen) atoms. The molecule has 0 unspecified atom stereocenters. The highest BCUT2D eigenvalue weighted by atomic mass is 16.5. The molecule has 2 aromatic heterocycles. The first-order chi connectivity index (χ1) is 6.33. The van der Waals surface area contributed by atoms with E-state index in [-0.39, 0.29) is 0 Å². The molecule has 4 heteroatoms. The van der Waals surface area contributed by atoms with Crippen molar-refractivity contribution in [1.82, 2.24) is 15.0 Å². The Labute approximate surface area is 76.0 Å². The van der Waals surface area contributed by atoms with Gasteiger partial charge in [-0.3, -0.25) is 0 Å². The quantitative estimate of drug-likeness (QED) is 0.756. The lowest BCUT2D eigenvalue weighted by molar-refractivity contribution is 0.413. The molecular formula is C9H11N3O. The molecule has 0 saturated carbocycles. The Morgan fingerprint density at radius 3 is 3.08 bits per heavy atom. The van der Waals surface area contributed by atoms with E-state index < -0.39 is 0 Å². The van der Waals surface area contributed by atoms with Crippen LogP contribution in [0.4, 0.5) is 0 Å². The summed E-state index contributed by atoms with van der Waals surface area (Å²) in [6.45, 7) is 2.05. The van der Waals surface area contributed by atoms with Crippen LogP contribution in [0.15, 0.2) is 12.3 Å². The van der Waals surface area contributed by atoms with Crippen LogP contribution in [-0.2, 0) is 6.42 Å². The number of nitrogens with one attached hydrogen (secondary N) is 1. The monoisotopic (exact) mass is 177 g/mol. The Morgan fingerprint density at radius 1 is 1.54 bits per heavy atom. The van der Waals surface area contributed by atoms with Crippen molar-refractivity contribution >= 4 is 11.2 Å². The van der Waals surface area contributed by atoms with Gasteiger partial charge in [-0.2, -0.15) is 0 Å². The second-order valence-electron chi connectivity index (χ2n) is 2.78. The maximum absolute atomic E-state index is 5.05. The van der Waals surface area contributed by atoms with Crippen molar-refractivity contribution in [3.05, 3.63) is 18.1 Å². The number of aryl methyl sites for hydroxylation is 1. The molecule has 1 N–H and O–H groups in total. The van der Waals surface area contributed by atoms with Crippen LogP contribution >= 0.6 is 0 Å². The third-order valence-electron chi connectivity index (χ3n) is 1.93. The minimum absolute atomic E-state index is 0.748. The maximum Gasteiger partial charge on any atom is 0.177 e. The zero-order valence-corrected chi connectivity index (χ0v) is 7.66. The average molecular weight is 177 g/mol. The van der Waals surface area contributed by atoms with Crippen molar-refractivity contribution in [1.29, 1.82) is 0 Å². The highest BCUT2D eigenvalue weighted by molar-refractivity contribution is 5.71. The number of fused-ring (bicyclic) bond motifs is 1. The minimum Gasteiger partial charge on any atom is -0.495 e. The summed E-state index contributed by atoms with van der Waals surface area (Å²) < 4.78 is 5.05. The number of H-pyrrole nitrogens is 1. The molecule has 0 saturated heterocycles. The minimum atomic E-state index is 0.748. The SMILES string of the molecule is CCc1nc2ncc(OC)cc2[nH]1. The number of pyridine rings is 1. The summed E-state index contributed by atoms with van der Waals surface area (Å²) in [4.78, 5) is 11.6. The van der Waals surface area contributed by atoms with E-state index >= 15 is 0 Å². The maximum atomic E-state index is 5.05. The van der Waals surface area contributed by atoms with Crippen molar-refractivity contribution in [3.8, 4) is 5.75 Å². The number of methoxy groups -OCH3 is 1. The van der Waals surface area contributed by atoms with E-state index in [1.165, 1.54) is 0 Å². The molecule has 0 fully saturated rings. The highest BCUT2D eigenvalue weighted by Gasteiger charge is 2.02. The zero-order chi connectivity index (χ0) is 9.26. The molecule has 0 aliphatic rings.